The first kappa shape index (κ1) is 18.3. The average molecular weight is 399 g/mol. The summed E-state index contributed by atoms with van der Waals surface area (Å²) in [6.45, 7) is 3.92. The summed E-state index contributed by atoms with van der Waals surface area (Å²) in [5, 5.41) is 0.368. The smallest absolute Gasteiger partial charge is 0.295 e. The lowest BCUT2D eigenvalue weighted by molar-refractivity contribution is 0.0971. The van der Waals surface area contributed by atoms with E-state index in [1.807, 2.05) is 32.0 Å². The molecule has 0 spiro atoms. The van der Waals surface area contributed by atoms with Gasteiger partial charge in [-0.05, 0) is 55.3 Å². The van der Waals surface area contributed by atoms with Gasteiger partial charge >= 0.3 is 0 Å². The Hall–Kier alpha value is -3.73. The normalized spacial score (nSPS) is 15.6. The van der Waals surface area contributed by atoms with E-state index in [-0.39, 0.29) is 22.3 Å². The van der Waals surface area contributed by atoms with Crippen LogP contribution in [0.5, 0.6) is 0 Å². The van der Waals surface area contributed by atoms with Crippen molar-refractivity contribution in [3.8, 4) is 0 Å². The summed E-state index contributed by atoms with van der Waals surface area (Å²) in [6, 6.07) is 17.7. The first-order valence-corrected chi connectivity index (χ1v) is 9.68. The molecule has 5 rings (SSSR count). The largest absolute Gasteiger partial charge is 0.450 e. The third-order valence-corrected chi connectivity index (χ3v) is 5.75. The number of halogens is 1. The van der Waals surface area contributed by atoms with Crippen LogP contribution in [0, 0.1) is 19.7 Å². The van der Waals surface area contributed by atoms with E-state index in [1.54, 1.807) is 42.5 Å². The van der Waals surface area contributed by atoms with Gasteiger partial charge in [0.1, 0.15) is 11.4 Å². The summed E-state index contributed by atoms with van der Waals surface area (Å²) in [4.78, 5) is 28.3. The van der Waals surface area contributed by atoms with Gasteiger partial charge in [0, 0.05) is 11.3 Å². The van der Waals surface area contributed by atoms with Gasteiger partial charge in [0.15, 0.2) is 5.43 Å². The van der Waals surface area contributed by atoms with Gasteiger partial charge < -0.3 is 4.42 Å². The average Bonchev–Trinajstić information content (AvgIpc) is 3.03. The van der Waals surface area contributed by atoms with Crippen LogP contribution in [0.3, 0.4) is 0 Å². The van der Waals surface area contributed by atoms with Crippen molar-refractivity contribution in [2.45, 2.75) is 19.9 Å². The van der Waals surface area contributed by atoms with Gasteiger partial charge in [-0.25, -0.2) is 4.39 Å². The van der Waals surface area contributed by atoms with Crippen molar-refractivity contribution in [1.82, 2.24) is 0 Å². The number of aryl methyl sites for hydroxylation is 2. The van der Waals surface area contributed by atoms with E-state index in [1.165, 1.54) is 11.0 Å². The minimum absolute atomic E-state index is 0.0369. The molecule has 1 aromatic heterocycles. The molecule has 4 nitrogen and oxygen atoms in total. The number of anilines is 1. The van der Waals surface area contributed by atoms with Crippen LogP contribution in [0.25, 0.3) is 11.0 Å². The third kappa shape index (κ3) is 2.59. The maximum Gasteiger partial charge on any atom is 0.295 e. The number of benzene rings is 3. The number of nitrogens with zero attached hydrogens (tertiary/aromatic N) is 1. The molecule has 1 unspecified atom stereocenters. The predicted molar refractivity (Wildman–Crippen MR) is 113 cm³/mol. The molecule has 3 aromatic carbocycles. The second kappa shape index (κ2) is 6.66. The summed E-state index contributed by atoms with van der Waals surface area (Å²) in [6.07, 6.45) is 0. The molecule has 30 heavy (non-hydrogen) atoms. The zero-order valence-electron chi connectivity index (χ0n) is 16.5. The van der Waals surface area contributed by atoms with E-state index in [4.69, 9.17) is 4.42 Å². The van der Waals surface area contributed by atoms with Gasteiger partial charge in [0.25, 0.3) is 5.91 Å². The van der Waals surface area contributed by atoms with Crippen LogP contribution >= 0.6 is 0 Å². The third-order valence-electron chi connectivity index (χ3n) is 5.75. The number of carbonyl (C=O) groups excluding carboxylic acids is 1. The number of amides is 1. The van der Waals surface area contributed by atoms with E-state index in [0.29, 0.717) is 16.7 Å². The molecule has 0 bridgehead atoms. The maximum atomic E-state index is 14.9. The van der Waals surface area contributed by atoms with Crippen LogP contribution in [0.15, 0.2) is 75.9 Å². The highest BCUT2D eigenvalue weighted by molar-refractivity contribution is 6.10. The summed E-state index contributed by atoms with van der Waals surface area (Å²) >= 11 is 0. The van der Waals surface area contributed by atoms with Crippen molar-refractivity contribution in [1.29, 1.82) is 0 Å². The van der Waals surface area contributed by atoms with Crippen molar-refractivity contribution in [2.24, 2.45) is 0 Å². The Morgan fingerprint density at radius 1 is 0.900 bits per heavy atom. The molecule has 0 aliphatic carbocycles. The van der Waals surface area contributed by atoms with Crippen LogP contribution in [0.1, 0.15) is 38.9 Å². The van der Waals surface area contributed by atoms with Gasteiger partial charge in [-0.15, -0.1) is 0 Å². The Labute approximate surface area is 172 Å². The molecular formula is C25H18FNO3. The molecule has 5 heteroatoms. The molecule has 148 valence electrons. The zero-order valence-corrected chi connectivity index (χ0v) is 16.5. The first-order valence-electron chi connectivity index (χ1n) is 9.68. The maximum absolute atomic E-state index is 14.9. The monoisotopic (exact) mass is 399 g/mol. The SMILES string of the molecule is Cc1ccc(N2C(=O)c3oc4ccccc4c(=O)c3C2c2ccccc2F)cc1C. The van der Waals surface area contributed by atoms with Crippen LogP contribution in [-0.4, -0.2) is 5.91 Å². The van der Waals surface area contributed by atoms with Crippen molar-refractivity contribution >= 4 is 22.6 Å². The van der Waals surface area contributed by atoms with Crippen molar-refractivity contribution < 1.29 is 13.6 Å². The summed E-state index contributed by atoms with van der Waals surface area (Å²) in [5.74, 6) is -0.973. The molecule has 1 amide bonds. The van der Waals surface area contributed by atoms with Gasteiger partial charge in [-0.3, -0.25) is 14.5 Å². The molecule has 0 N–H and O–H groups in total. The van der Waals surface area contributed by atoms with E-state index in [0.717, 1.165) is 11.1 Å². The standard InChI is InChI=1S/C25H18FNO3/c1-14-11-12-16(13-15(14)2)27-22(17-7-3-5-9-19(17)26)21-23(28)18-8-4-6-10-20(18)30-24(21)25(27)29/h3-13,22H,1-2H3. The number of carbonyl (C=O) groups is 1. The Morgan fingerprint density at radius 2 is 1.63 bits per heavy atom. The summed E-state index contributed by atoms with van der Waals surface area (Å²) < 4.78 is 20.8. The second-order valence-electron chi connectivity index (χ2n) is 7.54. The van der Waals surface area contributed by atoms with Crippen molar-refractivity contribution in [3.63, 3.8) is 0 Å². The fraction of sp³-hybridized carbons (Fsp3) is 0.120. The van der Waals surface area contributed by atoms with Crippen LogP contribution in [-0.2, 0) is 0 Å². The lowest BCUT2D eigenvalue weighted by Gasteiger charge is -2.26. The Balaban J connectivity index is 1.84. The van der Waals surface area contributed by atoms with Crippen LogP contribution in [0.2, 0.25) is 0 Å². The highest BCUT2D eigenvalue weighted by Gasteiger charge is 2.44. The van der Waals surface area contributed by atoms with Crippen LogP contribution < -0.4 is 10.3 Å². The lowest BCUT2D eigenvalue weighted by Crippen LogP contribution is -2.30. The molecule has 0 saturated heterocycles. The molecule has 1 aliphatic heterocycles. The number of fused-ring (bicyclic) bond motifs is 2. The first-order chi connectivity index (χ1) is 14.5. The summed E-state index contributed by atoms with van der Waals surface area (Å²) in [7, 11) is 0. The van der Waals surface area contributed by atoms with E-state index in [9.17, 15) is 14.0 Å². The minimum atomic E-state index is -0.906. The molecule has 4 aromatic rings. The van der Waals surface area contributed by atoms with Crippen LogP contribution in [0.4, 0.5) is 10.1 Å². The Morgan fingerprint density at radius 3 is 2.40 bits per heavy atom. The van der Waals surface area contributed by atoms with Gasteiger partial charge in [0.05, 0.1) is 17.0 Å². The fourth-order valence-corrected chi connectivity index (χ4v) is 4.05. The van der Waals surface area contributed by atoms with E-state index < -0.39 is 17.8 Å². The molecule has 1 aliphatic rings. The number of hydrogen-bond acceptors (Lipinski definition) is 3. The Kier molecular flexibility index (Phi) is 4.07. The number of hydrogen-bond donors (Lipinski definition) is 0. The summed E-state index contributed by atoms with van der Waals surface area (Å²) in [5.41, 5.74) is 3.10. The zero-order chi connectivity index (χ0) is 21.0. The van der Waals surface area contributed by atoms with Gasteiger partial charge in [-0.2, -0.15) is 0 Å². The number of para-hydroxylation sites is 1. The quantitative estimate of drug-likeness (QED) is 0.460. The highest BCUT2D eigenvalue weighted by atomic mass is 19.1. The van der Waals surface area contributed by atoms with E-state index >= 15 is 0 Å². The topological polar surface area (TPSA) is 50.5 Å². The van der Waals surface area contributed by atoms with Gasteiger partial charge in [-0.1, -0.05) is 36.4 Å². The lowest BCUT2D eigenvalue weighted by atomic mass is 9.97. The number of rotatable bonds is 2. The molecule has 0 radical (unpaired) electrons. The highest BCUT2D eigenvalue weighted by Crippen LogP contribution is 2.42. The molecular weight excluding hydrogens is 381 g/mol. The molecule has 0 fully saturated rings. The predicted octanol–water partition coefficient (Wildman–Crippen LogP) is 5.30. The van der Waals surface area contributed by atoms with Crippen molar-refractivity contribution in [2.75, 3.05) is 4.90 Å². The second-order valence-corrected chi connectivity index (χ2v) is 7.54. The minimum Gasteiger partial charge on any atom is -0.450 e. The molecule has 0 saturated carbocycles. The molecule has 2 heterocycles. The van der Waals surface area contributed by atoms with E-state index in [2.05, 4.69) is 0 Å². The Bertz CT molecular complexity index is 1390. The fourth-order valence-electron chi connectivity index (χ4n) is 4.05. The van der Waals surface area contributed by atoms with Gasteiger partial charge in [0.2, 0.25) is 5.76 Å². The van der Waals surface area contributed by atoms with Crippen molar-refractivity contribution in [3.05, 3.63) is 111 Å². The molecule has 1 atom stereocenters.